The lowest BCUT2D eigenvalue weighted by molar-refractivity contribution is -0.119. The van der Waals surface area contributed by atoms with Gasteiger partial charge in [0, 0.05) is 10.5 Å². The maximum absolute atomic E-state index is 12.8. The molecule has 1 aromatic rings. The van der Waals surface area contributed by atoms with Crippen LogP contribution in [0, 0.1) is 11.7 Å². The highest BCUT2D eigenvalue weighted by molar-refractivity contribution is 9.10. The molecule has 0 saturated carbocycles. The molecule has 3 N–H and O–H groups in total. The summed E-state index contributed by atoms with van der Waals surface area (Å²) in [6, 6.07) is 3.87. The van der Waals surface area contributed by atoms with Crippen molar-refractivity contribution in [1.82, 2.24) is 0 Å². The molecular formula is C11H14BrFN2O. The van der Waals surface area contributed by atoms with Crippen LogP contribution in [0.1, 0.15) is 13.8 Å². The first-order valence-corrected chi connectivity index (χ1v) is 5.72. The minimum Gasteiger partial charge on any atom is -0.327 e. The third-order valence-electron chi connectivity index (χ3n) is 2.39. The van der Waals surface area contributed by atoms with Crippen molar-refractivity contribution in [3.05, 3.63) is 28.5 Å². The monoisotopic (exact) mass is 288 g/mol. The lowest BCUT2D eigenvalue weighted by Crippen LogP contribution is -2.34. The number of nitrogens with one attached hydrogen (secondary N) is 1. The van der Waals surface area contributed by atoms with Gasteiger partial charge in [-0.2, -0.15) is 0 Å². The summed E-state index contributed by atoms with van der Waals surface area (Å²) in [5.41, 5.74) is 6.16. The molecular weight excluding hydrogens is 275 g/mol. The second-order valence-electron chi connectivity index (χ2n) is 3.76. The number of rotatable bonds is 3. The van der Waals surface area contributed by atoms with Gasteiger partial charge in [-0.25, -0.2) is 4.39 Å². The molecule has 1 aromatic carbocycles. The quantitative estimate of drug-likeness (QED) is 0.898. The van der Waals surface area contributed by atoms with E-state index in [0.717, 1.165) is 0 Å². The van der Waals surface area contributed by atoms with E-state index in [2.05, 4.69) is 21.2 Å². The van der Waals surface area contributed by atoms with E-state index < -0.39 is 0 Å². The zero-order valence-electron chi connectivity index (χ0n) is 9.13. The van der Waals surface area contributed by atoms with Crippen LogP contribution in [0.4, 0.5) is 10.1 Å². The summed E-state index contributed by atoms with van der Waals surface area (Å²) < 4.78 is 13.3. The normalized spacial score (nSPS) is 14.3. The van der Waals surface area contributed by atoms with Gasteiger partial charge in [-0.1, -0.05) is 6.92 Å². The second kappa shape index (κ2) is 5.41. The lowest BCUT2D eigenvalue weighted by atomic mass is 10.0. The number of nitrogens with two attached hydrogens (primary N) is 1. The highest BCUT2D eigenvalue weighted by Crippen LogP contribution is 2.23. The molecule has 3 nitrogen and oxygen atoms in total. The van der Waals surface area contributed by atoms with Crippen LogP contribution in [0.15, 0.2) is 22.7 Å². The topological polar surface area (TPSA) is 55.1 Å². The average molecular weight is 289 g/mol. The van der Waals surface area contributed by atoms with Crippen LogP contribution in [0.25, 0.3) is 0 Å². The average Bonchev–Trinajstić information content (AvgIpc) is 2.20. The first-order chi connectivity index (χ1) is 7.41. The predicted octanol–water partition coefficient (Wildman–Crippen LogP) is 2.51. The maximum atomic E-state index is 12.8. The molecule has 88 valence electrons. The fourth-order valence-corrected chi connectivity index (χ4v) is 1.53. The van der Waals surface area contributed by atoms with Gasteiger partial charge >= 0.3 is 0 Å². The van der Waals surface area contributed by atoms with Crippen molar-refractivity contribution in [2.45, 2.75) is 19.9 Å². The highest BCUT2D eigenvalue weighted by atomic mass is 79.9. The number of benzene rings is 1. The smallest absolute Gasteiger partial charge is 0.228 e. The molecule has 0 spiro atoms. The molecule has 0 aliphatic carbocycles. The van der Waals surface area contributed by atoms with Gasteiger partial charge in [-0.3, -0.25) is 4.79 Å². The molecule has 0 fully saturated rings. The molecule has 0 saturated heterocycles. The standard InChI is InChI=1S/C11H14BrFN2O/c1-6(7(2)14)11(16)15-10-4-3-8(13)5-9(10)12/h3-7H,14H2,1-2H3,(H,15,16). The fraction of sp³-hybridized carbons (Fsp3) is 0.364. The van der Waals surface area contributed by atoms with Gasteiger partial charge in [0.2, 0.25) is 5.91 Å². The van der Waals surface area contributed by atoms with Crippen LogP contribution in [0.3, 0.4) is 0 Å². The summed E-state index contributed by atoms with van der Waals surface area (Å²) in [6.07, 6.45) is 0. The molecule has 1 rings (SSSR count). The Kier molecular flexibility index (Phi) is 4.44. The Morgan fingerprint density at radius 3 is 2.62 bits per heavy atom. The zero-order chi connectivity index (χ0) is 12.3. The van der Waals surface area contributed by atoms with Gasteiger partial charge in [0.1, 0.15) is 5.82 Å². The molecule has 0 aliphatic rings. The molecule has 0 heterocycles. The Morgan fingerprint density at radius 1 is 1.50 bits per heavy atom. The van der Waals surface area contributed by atoms with Crippen molar-refractivity contribution >= 4 is 27.5 Å². The molecule has 2 atom stereocenters. The van der Waals surface area contributed by atoms with E-state index >= 15 is 0 Å². The van der Waals surface area contributed by atoms with Gasteiger partial charge < -0.3 is 11.1 Å². The summed E-state index contributed by atoms with van der Waals surface area (Å²) in [5, 5.41) is 2.69. The number of anilines is 1. The van der Waals surface area contributed by atoms with Crippen LogP contribution in [-0.4, -0.2) is 11.9 Å². The van der Waals surface area contributed by atoms with Gasteiger partial charge in [0.05, 0.1) is 11.6 Å². The molecule has 5 heteroatoms. The molecule has 0 aliphatic heterocycles. The van der Waals surface area contributed by atoms with Crippen molar-refractivity contribution in [3.63, 3.8) is 0 Å². The van der Waals surface area contributed by atoms with E-state index in [1.165, 1.54) is 18.2 Å². The second-order valence-corrected chi connectivity index (χ2v) is 4.62. The summed E-state index contributed by atoms with van der Waals surface area (Å²) in [6.45, 7) is 3.52. The number of carbonyl (C=O) groups is 1. The zero-order valence-corrected chi connectivity index (χ0v) is 10.7. The van der Waals surface area contributed by atoms with Crippen LogP contribution < -0.4 is 11.1 Å². The SMILES string of the molecule is CC(N)C(C)C(=O)Nc1ccc(F)cc1Br. The Morgan fingerprint density at radius 2 is 2.12 bits per heavy atom. The van der Waals surface area contributed by atoms with E-state index in [0.29, 0.717) is 10.2 Å². The molecule has 2 unspecified atom stereocenters. The first kappa shape index (κ1) is 13.1. The van der Waals surface area contributed by atoms with Gasteiger partial charge in [-0.15, -0.1) is 0 Å². The number of hydrogen-bond donors (Lipinski definition) is 2. The van der Waals surface area contributed by atoms with Crippen molar-refractivity contribution in [2.75, 3.05) is 5.32 Å². The fourth-order valence-electron chi connectivity index (χ4n) is 1.08. The van der Waals surface area contributed by atoms with E-state index in [9.17, 15) is 9.18 Å². The largest absolute Gasteiger partial charge is 0.327 e. The van der Waals surface area contributed by atoms with E-state index in [-0.39, 0.29) is 23.7 Å². The minimum absolute atomic E-state index is 0.178. The van der Waals surface area contributed by atoms with Gasteiger partial charge in [0.15, 0.2) is 0 Å². The molecule has 0 bridgehead atoms. The third kappa shape index (κ3) is 3.28. The Balaban J connectivity index is 2.77. The molecule has 0 aromatic heterocycles. The van der Waals surface area contributed by atoms with E-state index in [1.54, 1.807) is 13.8 Å². The maximum Gasteiger partial charge on any atom is 0.228 e. The summed E-state index contributed by atoms with van der Waals surface area (Å²) in [7, 11) is 0. The third-order valence-corrected chi connectivity index (χ3v) is 3.05. The summed E-state index contributed by atoms with van der Waals surface area (Å²) in [4.78, 5) is 11.7. The first-order valence-electron chi connectivity index (χ1n) is 4.93. The van der Waals surface area contributed by atoms with Crippen LogP contribution >= 0.6 is 15.9 Å². The Hall–Kier alpha value is -0.940. The predicted molar refractivity (Wildman–Crippen MR) is 65.5 cm³/mol. The van der Waals surface area contributed by atoms with Crippen LogP contribution in [-0.2, 0) is 4.79 Å². The van der Waals surface area contributed by atoms with Crippen LogP contribution in [0.5, 0.6) is 0 Å². The van der Waals surface area contributed by atoms with Crippen LogP contribution in [0.2, 0.25) is 0 Å². The lowest BCUT2D eigenvalue weighted by Gasteiger charge is -2.16. The van der Waals surface area contributed by atoms with Crippen molar-refractivity contribution in [2.24, 2.45) is 11.7 Å². The van der Waals surface area contributed by atoms with Gasteiger partial charge in [-0.05, 0) is 41.1 Å². The van der Waals surface area contributed by atoms with E-state index in [4.69, 9.17) is 5.73 Å². The number of amides is 1. The van der Waals surface area contributed by atoms with Crippen molar-refractivity contribution in [1.29, 1.82) is 0 Å². The summed E-state index contributed by atoms with van der Waals surface area (Å²) in [5.74, 6) is -0.829. The minimum atomic E-state index is -0.356. The van der Waals surface area contributed by atoms with E-state index in [1.807, 2.05) is 0 Å². The van der Waals surface area contributed by atoms with Crippen molar-refractivity contribution in [3.8, 4) is 0 Å². The number of hydrogen-bond acceptors (Lipinski definition) is 2. The Labute approximate surface area is 102 Å². The molecule has 16 heavy (non-hydrogen) atoms. The molecule has 0 radical (unpaired) electrons. The highest BCUT2D eigenvalue weighted by Gasteiger charge is 2.17. The van der Waals surface area contributed by atoms with Gasteiger partial charge in [0.25, 0.3) is 0 Å². The molecule has 1 amide bonds. The number of carbonyl (C=O) groups excluding carboxylic acids is 1. The summed E-state index contributed by atoms with van der Waals surface area (Å²) >= 11 is 3.18. The number of halogens is 2. The Bertz CT molecular complexity index is 396. The van der Waals surface area contributed by atoms with Crippen molar-refractivity contribution < 1.29 is 9.18 Å².